The lowest BCUT2D eigenvalue weighted by Crippen LogP contribution is -2.61. The van der Waals surface area contributed by atoms with Crippen LogP contribution in [-0.4, -0.2) is 155 Å². The van der Waals surface area contributed by atoms with Crippen molar-refractivity contribution >= 4 is 5.97 Å². The van der Waals surface area contributed by atoms with E-state index in [4.69, 9.17) is 24.7 Å². The van der Waals surface area contributed by atoms with Gasteiger partial charge in [-0.25, -0.2) is 0 Å². The van der Waals surface area contributed by atoms with Crippen LogP contribution in [-0.2, 0) is 23.7 Å². The minimum Gasteiger partial charge on any atom is -0.462 e. The molecule has 360 valence electrons. The first-order chi connectivity index (χ1) is 29.7. The highest BCUT2D eigenvalue weighted by molar-refractivity contribution is 5.70. The zero-order valence-corrected chi connectivity index (χ0v) is 37.5. The van der Waals surface area contributed by atoms with Crippen LogP contribution in [0.25, 0.3) is 0 Å². The maximum atomic E-state index is 12.6. The third-order valence-corrected chi connectivity index (χ3v) is 12.3. The first kappa shape index (κ1) is 54.7. The summed E-state index contributed by atoms with van der Waals surface area (Å²) in [5, 5.41) is 108. The lowest BCUT2D eigenvalue weighted by atomic mass is 9.83. The Labute approximate surface area is 372 Å². The Morgan fingerprint density at radius 2 is 1.22 bits per heavy atom. The zero-order chi connectivity index (χ0) is 46.9. The van der Waals surface area contributed by atoms with Crippen LogP contribution in [0, 0.1) is 17.8 Å². The molecule has 16 heteroatoms. The van der Waals surface area contributed by atoms with E-state index in [2.05, 4.69) is 0 Å². The monoisotopic (exact) mass is 896 g/mol. The molecule has 2 saturated heterocycles. The number of allylic oxidation sites excluding steroid dienone is 10. The summed E-state index contributed by atoms with van der Waals surface area (Å²) in [6.07, 6.45) is 6.88. The van der Waals surface area contributed by atoms with Gasteiger partial charge < -0.3 is 75.7 Å². The number of aliphatic hydroxyl groups excluding tert-OH is 9. The average Bonchev–Trinajstić information content (AvgIpc) is 3.21. The molecule has 3 heterocycles. The van der Waals surface area contributed by atoms with E-state index in [-0.39, 0.29) is 44.4 Å². The largest absolute Gasteiger partial charge is 0.462 e. The van der Waals surface area contributed by atoms with Crippen LogP contribution in [0.1, 0.15) is 98.8 Å². The van der Waals surface area contributed by atoms with Crippen LogP contribution in [0.5, 0.6) is 0 Å². The molecule has 0 aliphatic carbocycles. The Balaban J connectivity index is 1.79. The average molecular weight is 896 g/mol. The molecule has 0 amide bonds. The quantitative estimate of drug-likeness (QED) is 0.177. The third-order valence-electron chi connectivity index (χ3n) is 12.3. The van der Waals surface area contributed by atoms with E-state index in [9.17, 15) is 55.9 Å². The zero-order valence-electron chi connectivity index (χ0n) is 37.5. The number of aliphatic hydroxyl groups is 10. The highest BCUT2D eigenvalue weighted by Crippen LogP contribution is 2.38. The minimum atomic E-state index is -2.08. The molecule has 3 rings (SSSR count). The summed E-state index contributed by atoms with van der Waals surface area (Å²) in [7, 11) is 0. The number of carbonyl (C=O) groups is 1. The van der Waals surface area contributed by atoms with Crippen LogP contribution in [0.15, 0.2) is 72.9 Å². The predicted octanol–water partition coefficient (Wildman–Crippen LogP) is 1.87. The summed E-state index contributed by atoms with van der Waals surface area (Å²) >= 11 is 0. The van der Waals surface area contributed by atoms with Gasteiger partial charge in [-0.2, -0.15) is 0 Å². The Bertz CT molecular complexity index is 1520. The lowest BCUT2D eigenvalue weighted by Gasteiger charge is -2.46. The summed E-state index contributed by atoms with van der Waals surface area (Å²) in [6, 6.07) is -1.05. The van der Waals surface area contributed by atoms with E-state index in [1.54, 1.807) is 52.0 Å². The van der Waals surface area contributed by atoms with Crippen molar-refractivity contribution < 1.29 is 74.8 Å². The third kappa shape index (κ3) is 18.6. The number of esters is 1. The van der Waals surface area contributed by atoms with Gasteiger partial charge >= 0.3 is 5.97 Å². The molecule has 0 radical (unpaired) electrons. The molecule has 3 aliphatic heterocycles. The van der Waals surface area contributed by atoms with Crippen LogP contribution in [0.3, 0.4) is 0 Å². The first-order valence-corrected chi connectivity index (χ1v) is 22.5. The molecule has 2 bridgehead atoms. The second-order valence-corrected chi connectivity index (χ2v) is 17.8. The normalized spacial score (nSPS) is 46.4. The fourth-order valence-electron chi connectivity index (χ4n) is 7.95. The number of hydrogen-bond donors (Lipinski definition) is 11. The summed E-state index contributed by atoms with van der Waals surface area (Å²) in [6.45, 7) is 8.64. The molecule has 0 spiro atoms. The summed E-state index contributed by atoms with van der Waals surface area (Å²) in [4.78, 5) is 12.6. The molecule has 0 saturated carbocycles. The number of ether oxygens (including phenoxy) is 4. The topological polar surface area (TPSA) is 282 Å². The molecule has 16 nitrogen and oxygen atoms in total. The van der Waals surface area contributed by atoms with Gasteiger partial charge in [0.1, 0.15) is 12.2 Å². The van der Waals surface area contributed by atoms with Crippen LogP contribution in [0.2, 0.25) is 0 Å². The van der Waals surface area contributed by atoms with Crippen molar-refractivity contribution in [2.75, 3.05) is 0 Å². The summed E-state index contributed by atoms with van der Waals surface area (Å²) < 4.78 is 23.6. The van der Waals surface area contributed by atoms with Gasteiger partial charge in [-0.05, 0) is 52.4 Å². The summed E-state index contributed by atoms with van der Waals surface area (Å²) in [5.74, 6) is -3.95. The molecule has 19 atom stereocenters. The maximum absolute atomic E-state index is 12.6. The van der Waals surface area contributed by atoms with Gasteiger partial charge in [0.25, 0.3) is 0 Å². The smallest absolute Gasteiger partial charge is 0.308 e. The van der Waals surface area contributed by atoms with Crippen molar-refractivity contribution in [3.63, 3.8) is 0 Å². The van der Waals surface area contributed by atoms with Crippen molar-refractivity contribution in [3.8, 4) is 0 Å². The number of nitrogens with two attached hydrogens (primary N) is 1. The number of rotatable bonds is 2. The van der Waals surface area contributed by atoms with E-state index < -0.39 is 128 Å². The van der Waals surface area contributed by atoms with Gasteiger partial charge in [0.15, 0.2) is 12.1 Å². The second kappa shape index (κ2) is 27.1. The van der Waals surface area contributed by atoms with Gasteiger partial charge in [-0.3, -0.25) is 4.79 Å². The molecule has 3 aliphatic rings. The molecule has 2 fully saturated rings. The number of fused-ring (bicyclic) bond motifs is 2. The molecule has 0 aromatic carbocycles. The predicted molar refractivity (Wildman–Crippen MR) is 235 cm³/mol. The molecule has 12 N–H and O–H groups in total. The van der Waals surface area contributed by atoms with E-state index in [0.717, 1.165) is 12.8 Å². The standard InChI is InChI=1S/C47H77NO15/c1-28-18-16-14-12-10-8-6-7-9-11-13-15-17-19-36(62-46-45(58)42(48)44(57)32(5)61-46)25-40-30(3)38(53)26-47(59,63-40)27-39(54)37(52)21-20-33(49)22-34(50)23-35(51)24-41(55)60-31(4)29(2)43(28)56/h6-7,9,11-19,28-40,42-46,49-54,56-59H,8,10,20-27,48H2,1-5H3/b7-6-,11-9-,14-12-,15-13-,18-16-,19-17-/t28?,29?,30?,31?,32?,33?,34?,35?,36?,37?,38?,39?,40?,42?,43-,44?,45?,46?,47+/m1/s1. The highest BCUT2D eigenvalue weighted by atomic mass is 16.7. The van der Waals surface area contributed by atoms with E-state index >= 15 is 0 Å². The van der Waals surface area contributed by atoms with Gasteiger partial charge in [0.05, 0.1) is 79.6 Å². The van der Waals surface area contributed by atoms with E-state index in [0.29, 0.717) is 0 Å². The van der Waals surface area contributed by atoms with Crippen molar-refractivity contribution in [1.29, 1.82) is 0 Å². The van der Waals surface area contributed by atoms with E-state index in [1.807, 2.05) is 55.5 Å². The second-order valence-electron chi connectivity index (χ2n) is 17.8. The van der Waals surface area contributed by atoms with Crippen molar-refractivity contribution in [2.45, 2.75) is 196 Å². The fourth-order valence-corrected chi connectivity index (χ4v) is 7.95. The van der Waals surface area contributed by atoms with Crippen LogP contribution in [0.4, 0.5) is 0 Å². The lowest BCUT2D eigenvalue weighted by molar-refractivity contribution is -0.310. The van der Waals surface area contributed by atoms with Gasteiger partial charge in [-0.1, -0.05) is 93.7 Å². The highest BCUT2D eigenvalue weighted by Gasteiger charge is 2.47. The van der Waals surface area contributed by atoms with Gasteiger partial charge in [-0.15, -0.1) is 0 Å². The first-order valence-electron chi connectivity index (χ1n) is 22.5. The number of cyclic esters (lactones) is 1. The molecule has 0 aromatic heterocycles. The van der Waals surface area contributed by atoms with Gasteiger partial charge in [0, 0.05) is 37.0 Å². The Kier molecular flexibility index (Phi) is 23.5. The van der Waals surface area contributed by atoms with Crippen LogP contribution < -0.4 is 5.73 Å². The molecular formula is C47H77NO15. The van der Waals surface area contributed by atoms with Gasteiger partial charge in [0.2, 0.25) is 0 Å². The van der Waals surface area contributed by atoms with E-state index in [1.165, 1.54) is 0 Å². The minimum absolute atomic E-state index is 0.0504. The Morgan fingerprint density at radius 1 is 0.635 bits per heavy atom. The fraction of sp³-hybridized carbons (Fsp3) is 0.723. The maximum Gasteiger partial charge on any atom is 0.308 e. The molecule has 0 aromatic rings. The SMILES string of the molecule is CC1OC(OC2\C=C/C=C\C=C/C=C\CC/C=C\C=C/C(C)[C@@H](O)C(C)C(C)OC(=O)CC(O)CC(O)CC(O)CCC(O)C(O)C[C@]3(O)CC(O)C(C)C(C2)O3)C(O)C(N)C1O. The Morgan fingerprint density at radius 3 is 1.90 bits per heavy atom. The van der Waals surface area contributed by atoms with Crippen molar-refractivity contribution in [3.05, 3.63) is 72.9 Å². The Hall–Kier alpha value is -2.65. The molecular weight excluding hydrogens is 819 g/mol. The number of hydrogen-bond acceptors (Lipinski definition) is 16. The summed E-state index contributed by atoms with van der Waals surface area (Å²) in [5.41, 5.74) is 6.06. The van der Waals surface area contributed by atoms with Crippen LogP contribution >= 0.6 is 0 Å². The molecule has 17 unspecified atom stereocenters. The van der Waals surface area contributed by atoms with Crippen molar-refractivity contribution in [2.24, 2.45) is 23.5 Å². The van der Waals surface area contributed by atoms with Crippen molar-refractivity contribution in [1.82, 2.24) is 0 Å². The number of carbonyl (C=O) groups excluding carboxylic acids is 1. The molecule has 63 heavy (non-hydrogen) atoms.